The monoisotopic (exact) mass is 100 g/mol. The van der Waals surface area contributed by atoms with Crippen LogP contribution in [0, 0.1) is 0 Å². The van der Waals surface area contributed by atoms with Gasteiger partial charge in [0, 0.05) is 13.1 Å². The average molecular weight is 100 g/mol. The molecule has 1 rings (SSSR count). The highest BCUT2D eigenvalue weighted by molar-refractivity contribution is 4.67. The summed E-state index contributed by atoms with van der Waals surface area (Å²) >= 11 is 0. The first-order chi connectivity index (χ1) is 3.30. The van der Waals surface area contributed by atoms with Crippen molar-refractivity contribution in [1.29, 1.82) is 0 Å². The molecule has 1 fully saturated rings. The minimum absolute atomic E-state index is 0.153. The summed E-state index contributed by atoms with van der Waals surface area (Å²) < 4.78 is 0. The van der Waals surface area contributed by atoms with E-state index in [4.69, 9.17) is 5.73 Å². The first-order valence-corrected chi connectivity index (χ1v) is 2.45. The van der Waals surface area contributed by atoms with E-state index in [0.717, 1.165) is 13.1 Å². The molecule has 1 aliphatic heterocycles. The van der Waals surface area contributed by atoms with Crippen molar-refractivity contribution in [1.82, 2.24) is 16.0 Å². The molecule has 1 unspecified atom stereocenters. The van der Waals surface area contributed by atoms with Gasteiger partial charge in [0.2, 0.25) is 0 Å². The van der Waals surface area contributed by atoms with Crippen LogP contribution in [0.3, 0.4) is 0 Å². The van der Waals surface area contributed by atoms with E-state index in [1.807, 2.05) is 11.9 Å². The predicted molar refractivity (Wildman–Crippen MR) is 27.5 cm³/mol. The van der Waals surface area contributed by atoms with Crippen molar-refractivity contribution < 1.29 is 0 Å². The lowest BCUT2D eigenvalue weighted by atomic mass is 10.7. The predicted octanol–water partition coefficient (Wildman–Crippen LogP) is -0.912. The van der Waals surface area contributed by atoms with Crippen LogP contribution in [-0.4, -0.2) is 31.3 Å². The molecule has 2 N–H and O–H groups in total. The lowest BCUT2D eigenvalue weighted by molar-refractivity contribution is 0.294. The van der Waals surface area contributed by atoms with Gasteiger partial charge >= 0.3 is 0 Å². The van der Waals surface area contributed by atoms with Gasteiger partial charge in [0.15, 0.2) is 0 Å². The van der Waals surface area contributed by atoms with Crippen molar-refractivity contribution in [3.8, 4) is 0 Å². The molecule has 0 bridgehead atoms. The summed E-state index contributed by atoms with van der Waals surface area (Å²) in [4.78, 5) is 1.96. The Kier molecular flexibility index (Phi) is 1.27. The van der Waals surface area contributed by atoms with Gasteiger partial charge in [0.1, 0.15) is 6.29 Å². The van der Waals surface area contributed by atoms with Crippen molar-refractivity contribution in [2.75, 3.05) is 20.1 Å². The zero-order valence-electron chi connectivity index (χ0n) is 4.44. The lowest BCUT2D eigenvalue weighted by Crippen LogP contribution is -2.33. The molecule has 7 heavy (non-hydrogen) atoms. The Labute approximate surface area is 43.5 Å². The van der Waals surface area contributed by atoms with E-state index in [9.17, 15) is 0 Å². The smallest absolute Gasteiger partial charge is 0.127 e. The van der Waals surface area contributed by atoms with E-state index in [1.165, 1.54) is 0 Å². The highest BCUT2D eigenvalue weighted by Crippen LogP contribution is 1.91. The van der Waals surface area contributed by atoms with Gasteiger partial charge in [0.25, 0.3) is 0 Å². The second kappa shape index (κ2) is 1.78. The minimum Gasteiger partial charge on any atom is -0.287 e. The fraction of sp³-hybridized carbons (Fsp3) is 1.00. The van der Waals surface area contributed by atoms with E-state index in [2.05, 4.69) is 5.32 Å². The van der Waals surface area contributed by atoms with E-state index in [1.54, 1.807) is 0 Å². The van der Waals surface area contributed by atoms with Gasteiger partial charge in [-0.05, 0) is 7.05 Å². The summed E-state index contributed by atoms with van der Waals surface area (Å²) in [6, 6.07) is 0. The summed E-state index contributed by atoms with van der Waals surface area (Å²) in [6.07, 6.45) is -0.153. The van der Waals surface area contributed by atoms with E-state index < -0.39 is 0 Å². The van der Waals surface area contributed by atoms with Gasteiger partial charge in [-0.15, -0.1) is 0 Å². The molecule has 3 heteroatoms. The topological polar surface area (TPSA) is 39.1 Å². The maximum absolute atomic E-state index is 7.15. The molecule has 1 heterocycles. The number of nitrogens with one attached hydrogen (secondary N) is 2. The fourth-order valence-corrected chi connectivity index (χ4v) is 0.663. The zero-order chi connectivity index (χ0) is 5.28. The molecular weight excluding hydrogens is 90.1 g/mol. The largest absolute Gasteiger partial charge is 0.287 e. The Morgan fingerprint density at radius 3 is 2.71 bits per heavy atom. The molecule has 1 radical (unpaired) electrons. The molecule has 1 aliphatic rings. The Hall–Kier alpha value is -0.120. The second-order valence-corrected chi connectivity index (χ2v) is 1.84. The molecular formula is C4H10N3. The molecule has 0 aromatic rings. The van der Waals surface area contributed by atoms with Crippen LogP contribution in [-0.2, 0) is 0 Å². The maximum atomic E-state index is 7.15. The van der Waals surface area contributed by atoms with Gasteiger partial charge in [-0.1, -0.05) is 0 Å². The average Bonchev–Trinajstić information content (AvgIpc) is 1.91. The van der Waals surface area contributed by atoms with Gasteiger partial charge in [-0.2, -0.15) is 0 Å². The van der Waals surface area contributed by atoms with Crippen molar-refractivity contribution >= 4 is 0 Å². The summed E-state index contributed by atoms with van der Waals surface area (Å²) in [5, 5.41) is 2.96. The Morgan fingerprint density at radius 1 is 1.86 bits per heavy atom. The molecule has 0 amide bonds. The highest BCUT2D eigenvalue weighted by Gasteiger charge is 2.14. The molecule has 0 aromatic heterocycles. The van der Waals surface area contributed by atoms with E-state index in [-0.39, 0.29) is 6.29 Å². The first-order valence-electron chi connectivity index (χ1n) is 2.45. The summed E-state index contributed by atoms with van der Waals surface area (Å²) in [5.41, 5.74) is 7.15. The standard InChI is InChI=1S/C4H10N3/c1-7-3-2-6-4(7)5/h4-6H,2-3H2,1H3. The molecule has 0 saturated carbocycles. The maximum Gasteiger partial charge on any atom is 0.127 e. The van der Waals surface area contributed by atoms with Crippen LogP contribution in [0.4, 0.5) is 0 Å². The summed E-state index contributed by atoms with van der Waals surface area (Å²) in [5.74, 6) is 0. The Morgan fingerprint density at radius 2 is 2.57 bits per heavy atom. The molecule has 0 spiro atoms. The third-order valence-corrected chi connectivity index (χ3v) is 1.24. The fourth-order valence-electron chi connectivity index (χ4n) is 0.663. The van der Waals surface area contributed by atoms with Crippen LogP contribution in [0.15, 0.2) is 0 Å². The minimum atomic E-state index is -0.153. The lowest BCUT2D eigenvalue weighted by Gasteiger charge is -2.10. The Bertz CT molecular complexity index is 56.0. The molecule has 0 aliphatic carbocycles. The van der Waals surface area contributed by atoms with Gasteiger partial charge in [0.05, 0.1) is 0 Å². The number of rotatable bonds is 0. The van der Waals surface area contributed by atoms with Crippen LogP contribution < -0.4 is 11.1 Å². The van der Waals surface area contributed by atoms with Crippen LogP contribution in [0.2, 0.25) is 0 Å². The molecule has 1 atom stereocenters. The van der Waals surface area contributed by atoms with Crippen molar-refractivity contribution in [2.24, 2.45) is 0 Å². The number of hydrogen-bond acceptors (Lipinski definition) is 2. The van der Waals surface area contributed by atoms with Crippen LogP contribution in [0.5, 0.6) is 0 Å². The van der Waals surface area contributed by atoms with Crippen molar-refractivity contribution in [3.63, 3.8) is 0 Å². The van der Waals surface area contributed by atoms with Gasteiger partial charge in [-0.3, -0.25) is 10.2 Å². The van der Waals surface area contributed by atoms with E-state index >= 15 is 0 Å². The molecule has 3 nitrogen and oxygen atoms in total. The normalized spacial score (nSPS) is 34.3. The van der Waals surface area contributed by atoms with Crippen LogP contribution in [0.25, 0.3) is 0 Å². The third kappa shape index (κ3) is 0.907. The molecule has 1 saturated heterocycles. The number of nitrogens with zero attached hydrogens (tertiary/aromatic N) is 1. The zero-order valence-corrected chi connectivity index (χ0v) is 4.44. The third-order valence-electron chi connectivity index (χ3n) is 1.24. The molecule has 0 aromatic carbocycles. The van der Waals surface area contributed by atoms with Crippen molar-refractivity contribution in [2.45, 2.75) is 6.29 Å². The summed E-state index contributed by atoms with van der Waals surface area (Å²) in [6.45, 7) is 1.97. The van der Waals surface area contributed by atoms with Gasteiger partial charge in [-0.25, -0.2) is 5.73 Å². The summed E-state index contributed by atoms with van der Waals surface area (Å²) in [7, 11) is 1.94. The number of hydrogen-bond donors (Lipinski definition) is 1. The molecule has 41 valence electrons. The quantitative estimate of drug-likeness (QED) is 0.428. The Balaban J connectivity index is 2.33. The van der Waals surface area contributed by atoms with Crippen LogP contribution in [0.1, 0.15) is 0 Å². The number of likely N-dealkylation sites (N-methyl/N-ethyl adjacent to an activating group) is 1. The van der Waals surface area contributed by atoms with Gasteiger partial charge < -0.3 is 0 Å². The second-order valence-electron chi connectivity index (χ2n) is 1.84. The SMILES string of the molecule is CN1CCNC1[NH]. The van der Waals surface area contributed by atoms with Crippen LogP contribution >= 0.6 is 0 Å². The first kappa shape index (κ1) is 5.03. The van der Waals surface area contributed by atoms with E-state index in [0.29, 0.717) is 0 Å². The van der Waals surface area contributed by atoms with Crippen molar-refractivity contribution in [3.05, 3.63) is 0 Å². The highest BCUT2D eigenvalue weighted by atomic mass is 15.4.